The molecule has 3 aromatic rings. The van der Waals surface area contributed by atoms with Crippen LogP contribution in [0.1, 0.15) is 55.5 Å². The van der Waals surface area contributed by atoms with Crippen molar-refractivity contribution >= 4 is 23.2 Å². The molecule has 0 spiro atoms. The first-order chi connectivity index (χ1) is 19.9. The lowest BCUT2D eigenvalue weighted by atomic mass is 9.94. The highest BCUT2D eigenvalue weighted by atomic mass is 16.5. The summed E-state index contributed by atoms with van der Waals surface area (Å²) in [4.78, 5) is 30.8. The first-order valence-electron chi connectivity index (χ1n) is 15.0. The number of hydrogen-bond acceptors (Lipinski definition) is 5. The number of amides is 2. The number of nitrogens with zero attached hydrogens (tertiary/aromatic N) is 2. The van der Waals surface area contributed by atoms with Gasteiger partial charge in [0.25, 0.3) is 11.8 Å². The van der Waals surface area contributed by atoms with Crippen LogP contribution in [0.4, 0.5) is 11.4 Å². The Kier molecular flexibility index (Phi) is 8.08. The zero-order valence-electron chi connectivity index (χ0n) is 24.1. The van der Waals surface area contributed by atoms with Crippen molar-refractivity contribution in [3.05, 3.63) is 77.9 Å². The van der Waals surface area contributed by atoms with Crippen molar-refractivity contribution in [3.63, 3.8) is 0 Å². The van der Waals surface area contributed by atoms with E-state index in [1.807, 2.05) is 12.1 Å². The number of piperidine rings is 2. The Hall–Kier alpha value is -3.68. The van der Waals surface area contributed by atoms with Crippen molar-refractivity contribution in [3.8, 4) is 16.9 Å². The molecule has 0 radical (unpaired) electrons. The predicted molar refractivity (Wildman–Crippen MR) is 163 cm³/mol. The van der Waals surface area contributed by atoms with Crippen LogP contribution in [0.15, 0.2) is 66.7 Å². The summed E-state index contributed by atoms with van der Waals surface area (Å²) < 4.78 is 5.65. The molecule has 0 bridgehead atoms. The highest BCUT2D eigenvalue weighted by molar-refractivity contribution is 6.05. The second-order valence-electron chi connectivity index (χ2n) is 11.9. The summed E-state index contributed by atoms with van der Waals surface area (Å²) in [6.07, 6.45) is 4.53. The minimum Gasteiger partial charge on any atom is -0.479 e. The van der Waals surface area contributed by atoms with Crippen LogP contribution in [0, 0.1) is 5.92 Å². The van der Waals surface area contributed by atoms with Gasteiger partial charge in [-0.2, -0.15) is 0 Å². The van der Waals surface area contributed by atoms with E-state index in [2.05, 4.69) is 63.8 Å². The van der Waals surface area contributed by atoms with Gasteiger partial charge in [0.05, 0.1) is 5.69 Å². The second-order valence-corrected chi connectivity index (χ2v) is 11.9. The van der Waals surface area contributed by atoms with Crippen LogP contribution in [0.2, 0.25) is 0 Å². The summed E-state index contributed by atoms with van der Waals surface area (Å²) in [6.45, 7) is 9.46. The molecule has 41 heavy (non-hydrogen) atoms. The standard InChI is InChI=1S/C34H40N4O3/c1-23-14-17-38(18-15-23)29-9-6-16-37(22-29)21-27-19-26(10-12-30(27)25-7-4-3-5-8-25)34(40)35-28-11-13-32-31(20-28)36-33(39)24(2)41-32/h3-5,7-8,10-13,19-20,23-24,29H,6,9,14-18,21-22H2,1-2H3,(H,35,40)(H,36,39). The molecule has 2 atom stereocenters. The van der Waals surface area contributed by atoms with Crippen molar-refractivity contribution in [2.45, 2.75) is 58.2 Å². The molecule has 3 aliphatic heterocycles. The zero-order chi connectivity index (χ0) is 28.3. The Morgan fingerprint density at radius 3 is 2.59 bits per heavy atom. The van der Waals surface area contributed by atoms with E-state index >= 15 is 0 Å². The third kappa shape index (κ3) is 6.31. The molecule has 3 aliphatic rings. The summed E-state index contributed by atoms with van der Waals surface area (Å²) >= 11 is 0. The Balaban J connectivity index is 1.21. The molecule has 7 nitrogen and oxygen atoms in total. The first kappa shape index (κ1) is 27.5. The van der Waals surface area contributed by atoms with Gasteiger partial charge in [0, 0.05) is 30.4 Å². The average Bonchev–Trinajstić information content (AvgIpc) is 2.99. The molecule has 3 aromatic carbocycles. The molecular weight excluding hydrogens is 512 g/mol. The quantitative estimate of drug-likeness (QED) is 0.391. The molecule has 2 N–H and O–H groups in total. The summed E-state index contributed by atoms with van der Waals surface area (Å²) in [5.74, 6) is 1.06. The van der Waals surface area contributed by atoms with E-state index in [9.17, 15) is 9.59 Å². The lowest BCUT2D eigenvalue weighted by molar-refractivity contribution is -0.122. The van der Waals surface area contributed by atoms with Crippen molar-refractivity contribution in [2.24, 2.45) is 5.92 Å². The topological polar surface area (TPSA) is 73.9 Å². The highest BCUT2D eigenvalue weighted by Crippen LogP contribution is 2.33. The molecular formula is C34H40N4O3. The van der Waals surface area contributed by atoms with Crippen molar-refractivity contribution in [1.82, 2.24) is 9.80 Å². The number of benzene rings is 3. The fourth-order valence-corrected chi connectivity index (χ4v) is 6.36. The minimum atomic E-state index is -0.539. The van der Waals surface area contributed by atoms with Crippen LogP contribution < -0.4 is 15.4 Å². The SMILES string of the molecule is CC1CCN(C2CCCN(Cc3cc(C(=O)Nc4ccc5c(c4)NC(=O)C(C)O5)ccc3-c3ccccc3)C2)CC1. The maximum Gasteiger partial charge on any atom is 0.265 e. The highest BCUT2D eigenvalue weighted by Gasteiger charge is 2.28. The number of nitrogens with one attached hydrogen (secondary N) is 2. The van der Waals surface area contributed by atoms with Gasteiger partial charge in [-0.15, -0.1) is 0 Å². The van der Waals surface area contributed by atoms with Crippen LogP contribution in [0.5, 0.6) is 5.75 Å². The third-order valence-corrected chi connectivity index (χ3v) is 8.83. The number of hydrogen-bond donors (Lipinski definition) is 2. The Morgan fingerprint density at radius 2 is 1.78 bits per heavy atom. The normalized spacial score (nSPS) is 22.0. The number of likely N-dealkylation sites (tertiary alicyclic amines) is 2. The number of ether oxygens (including phenoxy) is 1. The van der Waals surface area contributed by atoms with Gasteiger partial charge in [-0.1, -0.05) is 43.3 Å². The second kappa shape index (κ2) is 12.0. The van der Waals surface area contributed by atoms with Gasteiger partial charge >= 0.3 is 0 Å². The number of fused-ring (bicyclic) bond motifs is 1. The number of carbonyl (C=O) groups excluding carboxylic acids is 2. The summed E-state index contributed by atoms with van der Waals surface area (Å²) in [6, 6.07) is 22.4. The first-order valence-corrected chi connectivity index (χ1v) is 15.0. The van der Waals surface area contributed by atoms with E-state index < -0.39 is 6.10 Å². The molecule has 6 rings (SSSR count). The Bertz CT molecular complexity index is 1400. The van der Waals surface area contributed by atoms with E-state index in [-0.39, 0.29) is 11.8 Å². The Labute approximate surface area is 242 Å². The van der Waals surface area contributed by atoms with E-state index in [1.165, 1.54) is 44.3 Å². The van der Waals surface area contributed by atoms with E-state index in [4.69, 9.17) is 4.74 Å². The molecule has 2 amide bonds. The van der Waals surface area contributed by atoms with E-state index in [0.717, 1.165) is 36.7 Å². The van der Waals surface area contributed by atoms with Gasteiger partial charge in [0.15, 0.2) is 6.10 Å². The molecule has 7 heteroatoms. The molecule has 214 valence electrons. The van der Waals surface area contributed by atoms with E-state index in [1.54, 1.807) is 25.1 Å². The van der Waals surface area contributed by atoms with Crippen LogP contribution in [-0.4, -0.2) is 59.9 Å². The zero-order valence-corrected chi connectivity index (χ0v) is 24.1. The maximum absolute atomic E-state index is 13.4. The molecule has 0 aliphatic carbocycles. The molecule has 2 fully saturated rings. The van der Waals surface area contributed by atoms with Crippen LogP contribution in [0.3, 0.4) is 0 Å². The molecule has 0 aromatic heterocycles. The smallest absolute Gasteiger partial charge is 0.265 e. The number of rotatable bonds is 6. The molecule has 2 saturated heterocycles. The van der Waals surface area contributed by atoms with Gasteiger partial charge in [0.1, 0.15) is 5.75 Å². The summed E-state index contributed by atoms with van der Waals surface area (Å²) in [7, 11) is 0. The van der Waals surface area contributed by atoms with Crippen molar-refractivity contribution in [2.75, 3.05) is 36.8 Å². The fourth-order valence-electron chi connectivity index (χ4n) is 6.36. The van der Waals surface area contributed by atoms with Crippen LogP contribution in [0.25, 0.3) is 11.1 Å². The minimum absolute atomic E-state index is 0.179. The van der Waals surface area contributed by atoms with Gasteiger partial charge in [0.2, 0.25) is 0 Å². The van der Waals surface area contributed by atoms with Gasteiger partial charge < -0.3 is 15.4 Å². The van der Waals surface area contributed by atoms with Gasteiger partial charge in [-0.3, -0.25) is 19.4 Å². The van der Waals surface area contributed by atoms with Gasteiger partial charge in [-0.05, 0) is 105 Å². The molecule has 0 saturated carbocycles. The number of anilines is 2. The maximum atomic E-state index is 13.4. The molecule has 2 unspecified atom stereocenters. The number of carbonyl (C=O) groups is 2. The lowest BCUT2D eigenvalue weighted by Crippen LogP contribution is -2.50. The molecule has 3 heterocycles. The summed E-state index contributed by atoms with van der Waals surface area (Å²) in [5.41, 5.74) is 5.28. The van der Waals surface area contributed by atoms with Crippen LogP contribution in [-0.2, 0) is 11.3 Å². The monoisotopic (exact) mass is 552 g/mol. The fraction of sp³-hybridized carbons (Fsp3) is 0.412. The lowest BCUT2D eigenvalue weighted by Gasteiger charge is -2.42. The largest absolute Gasteiger partial charge is 0.479 e. The van der Waals surface area contributed by atoms with Gasteiger partial charge in [-0.25, -0.2) is 0 Å². The average molecular weight is 553 g/mol. The summed E-state index contributed by atoms with van der Waals surface area (Å²) in [5, 5.41) is 5.86. The van der Waals surface area contributed by atoms with Crippen molar-refractivity contribution < 1.29 is 14.3 Å². The van der Waals surface area contributed by atoms with Crippen LogP contribution >= 0.6 is 0 Å². The Morgan fingerprint density at radius 1 is 0.976 bits per heavy atom. The predicted octanol–water partition coefficient (Wildman–Crippen LogP) is 6.02. The third-order valence-electron chi connectivity index (χ3n) is 8.83. The van der Waals surface area contributed by atoms with Crippen molar-refractivity contribution in [1.29, 1.82) is 0 Å². The van der Waals surface area contributed by atoms with E-state index in [0.29, 0.717) is 28.7 Å².